The number of carboxylic acids is 1. The molecule has 6 N–H and O–H groups in total. The van der Waals surface area contributed by atoms with Gasteiger partial charge in [0.1, 0.15) is 6.04 Å². The van der Waals surface area contributed by atoms with Crippen molar-refractivity contribution < 1.29 is 19.5 Å². The van der Waals surface area contributed by atoms with Crippen molar-refractivity contribution in [2.24, 2.45) is 5.73 Å². The first-order chi connectivity index (χ1) is 17.8. The summed E-state index contributed by atoms with van der Waals surface area (Å²) in [6.07, 6.45) is 2.99. The second kappa shape index (κ2) is 11.6. The van der Waals surface area contributed by atoms with Crippen molar-refractivity contribution in [2.75, 3.05) is 31.5 Å². The molecule has 2 amide bonds. The van der Waals surface area contributed by atoms with Crippen LogP contribution in [-0.4, -0.2) is 70.9 Å². The number of nitrogens with zero attached hydrogens (tertiary/aromatic N) is 2. The maximum absolute atomic E-state index is 13.2. The third-order valence-corrected chi connectivity index (χ3v) is 6.63. The van der Waals surface area contributed by atoms with Crippen LogP contribution < -0.4 is 16.4 Å². The average molecular weight is 505 g/mol. The van der Waals surface area contributed by atoms with Crippen molar-refractivity contribution >= 4 is 29.4 Å². The van der Waals surface area contributed by atoms with Crippen LogP contribution >= 0.6 is 0 Å². The number of hydrogen-bond donors (Lipinski definition) is 5. The van der Waals surface area contributed by atoms with Gasteiger partial charge in [-0.25, -0.2) is 0 Å². The van der Waals surface area contributed by atoms with Crippen LogP contribution in [0.15, 0.2) is 60.2 Å². The van der Waals surface area contributed by atoms with Crippen LogP contribution in [0.25, 0.3) is 0 Å². The fourth-order valence-electron chi connectivity index (χ4n) is 4.59. The standard InChI is InChI=1S/C27H32N6O4/c28-27(29)33-13-10-19(16-33)8-11-30-25(36)20-6-7-22-21(14-20)17-32(12-9-18-4-2-1-3-5-18)26(37)23(31-22)15-24(34)35/h1-7,10,14,23,31H,8-9,11-13,15-17H2,(H3,28,29)(H,30,36)(H,34,35). The van der Waals surface area contributed by atoms with E-state index < -0.39 is 12.0 Å². The van der Waals surface area contributed by atoms with Gasteiger partial charge < -0.3 is 31.3 Å². The highest BCUT2D eigenvalue weighted by atomic mass is 16.4. The van der Waals surface area contributed by atoms with Crippen molar-refractivity contribution in [3.8, 4) is 0 Å². The number of carbonyl (C=O) groups is 3. The largest absolute Gasteiger partial charge is 0.481 e. The predicted octanol–water partition coefficient (Wildman–Crippen LogP) is 1.78. The monoisotopic (exact) mass is 504 g/mol. The molecule has 0 fully saturated rings. The molecule has 1 atom stereocenters. The minimum absolute atomic E-state index is 0.0377. The summed E-state index contributed by atoms with van der Waals surface area (Å²) in [5.74, 6) is -1.52. The Morgan fingerprint density at radius 3 is 2.62 bits per heavy atom. The Kier molecular flexibility index (Phi) is 8.07. The molecule has 0 aliphatic carbocycles. The van der Waals surface area contributed by atoms with Crippen LogP contribution in [0.5, 0.6) is 0 Å². The highest BCUT2D eigenvalue weighted by Crippen LogP contribution is 2.26. The van der Waals surface area contributed by atoms with E-state index >= 15 is 0 Å². The molecule has 2 aromatic rings. The quantitative estimate of drug-likeness (QED) is 0.198. The minimum atomic E-state index is -1.06. The smallest absolute Gasteiger partial charge is 0.305 e. The number of rotatable bonds is 9. The summed E-state index contributed by atoms with van der Waals surface area (Å²) in [5.41, 5.74) is 9.62. The summed E-state index contributed by atoms with van der Waals surface area (Å²) in [4.78, 5) is 40.9. The molecule has 0 radical (unpaired) electrons. The lowest BCUT2D eigenvalue weighted by atomic mass is 10.1. The summed E-state index contributed by atoms with van der Waals surface area (Å²) >= 11 is 0. The fourth-order valence-corrected chi connectivity index (χ4v) is 4.59. The number of fused-ring (bicyclic) bond motifs is 1. The van der Waals surface area contributed by atoms with Gasteiger partial charge in [0.05, 0.1) is 6.42 Å². The highest BCUT2D eigenvalue weighted by Gasteiger charge is 2.31. The van der Waals surface area contributed by atoms with Crippen molar-refractivity contribution in [1.82, 2.24) is 15.1 Å². The van der Waals surface area contributed by atoms with Crippen LogP contribution in [0, 0.1) is 5.41 Å². The summed E-state index contributed by atoms with van der Waals surface area (Å²) in [6.45, 7) is 2.37. The van der Waals surface area contributed by atoms with Gasteiger partial charge in [-0.1, -0.05) is 42.0 Å². The van der Waals surface area contributed by atoms with Gasteiger partial charge in [0.25, 0.3) is 5.91 Å². The zero-order chi connectivity index (χ0) is 26.4. The normalized spacial score (nSPS) is 16.9. The molecule has 4 rings (SSSR count). The van der Waals surface area contributed by atoms with Crippen LogP contribution in [0.3, 0.4) is 0 Å². The number of hydrogen-bond acceptors (Lipinski definition) is 5. The molecule has 1 unspecified atom stereocenters. The van der Waals surface area contributed by atoms with Crippen molar-refractivity contribution in [2.45, 2.75) is 31.8 Å². The lowest BCUT2D eigenvalue weighted by Gasteiger charge is -2.24. The van der Waals surface area contributed by atoms with Crippen molar-refractivity contribution in [3.05, 3.63) is 76.9 Å². The molecular formula is C27H32N6O4. The van der Waals surface area contributed by atoms with Gasteiger partial charge in [0.15, 0.2) is 5.96 Å². The van der Waals surface area contributed by atoms with Gasteiger partial charge in [-0.3, -0.25) is 19.8 Å². The number of nitrogens with two attached hydrogens (primary N) is 1. The molecule has 10 heteroatoms. The van der Waals surface area contributed by atoms with Gasteiger partial charge in [-0.2, -0.15) is 0 Å². The van der Waals surface area contributed by atoms with Gasteiger partial charge in [0, 0.05) is 44.0 Å². The molecule has 10 nitrogen and oxygen atoms in total. The number of anilines is 1. The molecule has 194 valence electrons. The van der Waals surface area contributed by atoms with Crippen LogP contribution in [0.2, 0.25) is 0 Å². The number of carboxylic acid groups (broad SMARTS) is 1. The second-order valence-corrected chi connectivity index (χ2v) is 9.30. The molecule has 2 heterocycles. The third-order valence-electron chi connectivity index (χ3n) is 6.63. The van der Waals surface area contributed by atoms with Crippen LogP contribution in [0.4, 0.5) is 5.69 Å². The Hall–Kier alpha value is -4.34. The highest BCUT2D eigenvalue weighted by molar-refractivity contribution is 5.96. The second-order valence-electron chi connectivity index (χ2n) is 9.30. The van der Waals surface area contributed by atoms with Gasteiger partial charge in [-0.15, -0.1) is 0 Å². The van der Waals surface area contributed by atoms with Crippen molar-refractivity contribution in [3.63, 3.8) is 0 Å². The first-order valence-electron chi connectivity index (χ1n) is 12.3. The van der Waals surface area contributed by atoms with Gasteiger partial charge in [0.2, 0.25) is 5.91 Å². The Balaban J connectivity index is 1.43. The number of aliphatic carboxylic acids is 1. The van der Waals surface area contributed by atoms with E-state index in [0.29, 0.717) is 50.3 Å². The van der Waals surface area contributed by atoms with E-state index in [9.17, 15) is 19.5 Å². The number of amides is 2. The summed E-state index contributed by atoms with van der Waals surface area (Å²) < 4.78 is 0. The SMILES string of the molecule is N=C(N)N1CC=C(CCNC(=O)c2ccc3c(c2)CN(CCc2ccccc2)C(=O)C(CC(=O)O)N3)C1. The maximum atomic E-state index is 13.2. The summed E-state index contributed by atoms with van der Waals surface area (Å²) in [7, 11) is 0. The van der Waals surface area contributed by atoms with E-state index in [0.717, 1.165) is 16.7 Å². The zero-order valence-electron chi connectivity index (χ0n) is 20.6. The van der Waals surface area contributed by atoms with E-state index in [4.69, 9.17) is 11.1 Å². The average Bonchev–Trinajstić information content (AvgIpc) is 3.31. The number of benzene rings is 2. The summed E-state index contributed by atoms with van der Waals surface area (Å²) in [5, 5.41) is 22.9. The van der Waals surface area contributed by atoms with E-state index in [1.165, 1.54) is 0 Å². The number of guanidine groups is 1. The van der Waals surface area contributed by atoms with E-state index in [2.05, 4.69) is 10.6 Å². The molecule has 2 aromatic carbocycles. The van der Waals surface area contributed by atoms with Gasteiger partial charge in [-0.05, 0) is 42.2 Å². The molecule has 0 aromatic heterocycles. The first kappa shape index (κ1) is 25.7. The molecule has 0 spiro atoms. The topological polar surface area (TPSA) is 152 Å². The molecule has 0 bridgehead atoms. The molecule has 2 aliphatic heterocycles. The number of carbonyl (C=O) groups excluding carboxylic acids is 2. The third kappa shape index (κ3) is 6.66. The lowest BCUT2D eigenvalue weighted by Crippen LogP contribution is -2.42. The van der Waals surface area contributed by atoms with Crippen LogP contribution in [-0.2, 0) is 22.6 Å². The van der Waals surface area contributed by atoms with Gasteiger partial charge >= 0.3 is 5.97 Å². The molecule has 37 heavy (non-hydrogen) atoms. The predicted molar refractivity (Wildman–Crippen MR) is 140 cm³/mol. The minimum Gasteiger partial charge on any atom is -0.481 e. The Morgan fingerprint density at radius 2 is 1.92 bits per heavy atom. The molecule has 2 aliphatic rings. The first-order valence-corrected chi connectivity index (χ1v) is 12.3. The number of nitrogens with one attached hydrogen (secondary N) is 3. The Morgan fingerprint density at radius 1 is 1.14 bits per heavy atom. The van der Waals surface area contributed by atoms with Crippen LogP contribution in [0.1, 0.15) is 34.3 Å². The van der Waals surface area contributed by atoms with E-state index in [1.807, 2.05) is 36.4 Å². The summed E-state index contributed by atoms with van der Waals surface area (Å²) in [6, 6.07) is 14.1. The maximum Gasteiger partial charge on any atom is 0.305 e. The fraction of sp³-hybridized carbons (Fsp3) is 0.333. The Bertz CT molecular complexity index is 1210. The molecule has 0 saturated carbocycles. The van der Waals surface area contributed by atoms with Crippen molar-refractivity contribution in [1.29, 1.82) is 5.41 Å². The van der Waals surface area contributed by atoms with E-state index in [1.54, 1.807) is 28.0 Å². The molecular weight excluding hydrogens is 472 g/mol. The lowest BCUT2D eigenvalue weighted by molar-refractivity contribution is -0.141. The molecule has 0 saturated heterocycles. The zero-order valence-corrected chi connectivity index (χ0v) is 20.6. The Labute approximate surface area is 215 Å². The van der Waals surface area contributed by atoms with E-state index in [-0.39, 0.29) is 30.7 Å².